The van der Waals surface area contributed by atoms with Crippen molar-refractivity contribution >= 4 is 37.3 Å². The first-order valence-corrected chi connectivity index (χ1v) is 9.89. The van der Waals surface area contributed by atoms with Crippen LogP contribution in [0.1, 0.15) is 6.92 Å². The standard InChI is InChI=1S/C14H13N3O7S2/c1-10(18)15-25(21,22)13-7-5-11(6-8-13)16-26(23,24)14-4-2-3-12(9-14)17(19)20/h2-9,16H,1H3,(H,15,18). The summed E-state index contributed by atoms with van der Waals surface area (Å²) in [6.45, 7) is 1.04. The number of anilines is 1. The van der Waals surface area contributed by atoms with Crippen molar-refractivity contribution in [3.8, 4) is 0 Å². The maximum atomic E-state index is 12.3. The molecule has 26 heavy (non-hydrogen) atoms. The van der Waals surface area contributed by atoms with Crippen LogP contribution in [0.5, 0.6) is 0 Å². The van der Waals surface area contributed by atoms with Gasteiger partial charge in [-0.2, -0.15) is 0 Å². The number of sulfonamides is 2. The van der Waals surface area contributed by atoms with Gasteiger partial charge in [-0.05, 0) is 30.3 Å². The Bertz CT molecular complexity index is 1060. The van der Waals surface area contributed by atoms with Gasteiger partial charge < -0.3 is 0 Å². The Morgan fingerprint density at radius 2 is 1.58 bits per heavy atom. The summed E-state index contributed by atoms with van der Waals surface area (Å²) >= 11 is 0. The predicted molar refractivity (Wildman–Crippen MR) is 91.3 cm³/mol. The molecule has 138 valence electrons. The first kappa shape index (κ1) is 19.3. The number of nitrogens with one attached hydrogen (secondary N) is 2. The van der Waals surface area contributed by atoms with Gasteiger partial charge in [0.15, 0.2) is 0 Å². The second kappa shape index (κ2) is 7.09. The van der Waals surface area contributed by atoms with E-state index in [0.717, 1.165) is 31.2 Å². The van der Waals surface area contributed by atoms with Gasteiger partial charge in [0.1, 0.15) is 0 Å². The van der Waals surface area contributed by atoms with Crippen molar-refractivity contribution < 1.29 is 26.6 Å². The molecule has 0 aliphatic rings. The number of amides is 1. The Balaban J connectivity index is 2.27. The molecule has 0 aliphatic carbocycles. The molecule has 0 bridgehead atoms. The molecule has 2 rings (SSSR count). The second-order valence-corrected chi connectivity index (χ2v) is 8.41. The molecule has 2 N–H and O–H groups in total. The summed E-state index contributed by atoms with van der Waals surface area (Å²) in [5.74, 6) is -0.763. The molecule has 0 radical (unpaired) electrons. The molecule has 0 saturated heterocycles. The smallest absolute Gasteiger partial charge is 0.270 e. The summed E-state index contributed by atoms with van der Waals surface area (Å²) in [7, 11) is -8.15. The van der Waals surface area contributed by atoms with Gasteiger partial charge in [0.2, 0.25) is 5.91 Å². The normalized spacial score (nSPS) is 11.6. The van der Waals surface area contributed by atoms with Crippen LogP contribution in [0.3, 0.4) is 0 Å². The molecule has 0 fully saturated rings. The summed E-state index contributed by atoms with van der Waals surface area (Å²) in [5, 5.41) is 10.7. The summed E-state index contributed by atoms with van der Waals surface area (Å²) in [5.41, 5.74) is -0.345. The number of rotatable bonds is 6. The van der Waals surface area contributed by atoms with Gasteiger partial charge in [0.25, 0.3) is 25.7 Å². The van der Waals surface area contributed by atoms with Crippen LogP contribution < -0.4 is 9.44 Å². The minimum atomic E-state index is -4.11. The molecule has 0 atom stereocenters. The minimum Gasteiger partial charge on any atom is -0.280 e. The highest BCUT2D eigenvalue weighted by molar-refractivity contribution is 7.92. The highest BCUT2D eigenvalue weighted by Gasteiger charge is 2.19. The molecular weight excluding hydrogens is 386 g/mol. The number of carbonyl (C=O) groups excluding carboxylic acids is 1. The number of hydrogen-bond donors (Lipinski definition) is 2. The third-order valence-corrected chi connectivity index (χ3v) is 5.86. The molecule has 10 nitrogen and oxygen atoms in total. The lowest BCUT2D eigenvalue weighted by atomic mass is 10.3. The van der Waals surface area contributed by atoms with Gasteiger partial charge in [-0.15, -0.1) is 0 Å². The fourth-order valence-electron chi connectivity index (χ4n) is 1.93. The Hall–Kier alpha value is -2.99. The molecule has 2 aromatic carbocycles. The zero-order valence-electron chi connectivity index (χ0n) is 13.2. The lowest BCUT2D eigenvalue weighted by Gasteiger charge is -2.09. The second-order valence-electron chi connectivity index (χ2n) is 5.05. The summed E-state index contributed by atoms with van der Waals surface area (Å²) in [6.07, 6.45) is 0. The van der Waals surface area contributed by atoms with Crippen LogP contribution in [0.2, 0.25) is 0 Å². The largest absolute Gasteiger partial charge is 0.280 e. The Morgan fingerprint density at radius 3 is 2.12 bits per heavy atom. The van der Waals surface area contributed by atoms with Crippen molar-refractivity contribution in [3.05, 3.63) is 58.6 Å². The van der Waals surface area contributed by atoms with Crippen LogP contribution in [-0.2, 0) is 24.8 Å². The average molecular weight is 399 g/mol. The first-order valence-electron chi connectivity index (χ1n) is 6.92. The number of nitro groups is 1. The van der Waals surface area contributed by atoms with Gasteiger partial charge in [0, 0.05) is 24.7 Å². The van der Waals surface area contributed by atoms with E-state index >= 15 is 0 Å². The predicted octanol–water partition coefficient (Wildman–Crippen LogP) is 1.22. The lowest BCUT2D eigenvalue weighted by molar-refractivity contribution is -0.385. The Labute approximate surface area is 149 Å². The molecule has 2 aromatic rings. The van der Waals surface area contributed by atoms with Gasteiger partial charge in [-0.1, -0.05) is 6.07 Å². The van der Waals surface area contributed by atoms with E-state index in [1.807, 2.05) is 0 Å². The highest BCUT2D eigenvalue weighted by atomic mass is 32.2. The van der Waals surface area contributed by atoms with Crippen molar-refractivity contribution in [1.29, 1.82) is 0 Å². The fraction of sp³-hybridized carbons (Fsp3) is 0.0714. The number of nitrogens with zero attached hydrogens (tertiary/aromatic N) is 1. The summed E-state index contributed by atoms with van der Waals surface area (Å²) < 4.78 is 52.2. The molecule has 0 aromatic heterocycles. The Morgan fingerprint density at radius 1 is 0.962 bits per heavy atom. The molecule has 0 spiro atoms. The first-order chi connectivity index (χ1) is 12.0. The molecule has 0 saturated carbocycles. The van der Waals surface area contributed by atoms with Crippen molar-refractivity contribution in [3.63, 3.8) is 0 Å². The molecule has 0 heterocycles. The van der Waals surface area contributed by atoms with E-state index in [1.165, 1.54) is 24.3 Å². The SMILES string of the molecule is CC(=O)NS(=O)(=O)c1ccc(NS(=O)(=O)c2cccc([N+](=O)[O-])c2)cc1. The monoisotopic (exact) mass is 399 g/mol. The molecule has 0 unspecified atom stereocenters. The minimum absolute atomic E-state index is 0.0401. The lowest BCUT2D eigenvalue weighted by Crippen LogP contribution is -2.28. The van der Waals surface area contributed by atoms with E-state index in [0.29, 0.717) is 0 Å². The highest BCUT2D eigenvalue weighted by Crippen LogP contribution is 2.21. The van der Waals surface area contributed by atoms with Gasteiger partial charge >= 0.3 is 0 Å². The Kier molecular flexibility index (Phi) is 5.28. The number of benzene rings is 2. The zero-order valence-corrected chi connectivity index (χ0v) is 14.9. The van der Waals surface area contributed by atoms with Gasteiger partial charge in [-0.25, -0.2) is 21.6 Å². The van der Waals surface area contributed by atoms with Crippen LogP contribution in [0.15, 0.2) is 58.3 Å². The van der Waals surface area contributed by atoms with Crippen LogP contribution >= 0.6 is 0 Å². The van der Waals surface area contributed by atoms with Crippen molar-refractivity contribution in [2.45, 2.75) is 16.7 Å². The fourth-order valence-corrected chi connectivity index (χ4v) is 4.02. The van der Waals surface area contributed by atoms with Crippen molar-refractivity contribution in [2.75, 3.05) is 4.72 Å². The van der Waals surface area contributed by atoms with Gasteiger partial charge in [0.05, 0.1) is 14.7 Å². The summed E-state index contributed by atoms with van der Waals surface area (Å²) in [6, 6.07) is 9.06. The summed E-state index contributed by atoms with van der Waals surface area (Å²) in [4.78, 5) is 20.4. The third-order valence-electron chi connectivity index (χ3n) is 3.03. The van der Waals surface area contributed by atoms with E-state index in [4.69, 9.17) is 0 Å². The van der Waals surface area contributed by atoms with E-state index in [9.17, 15) is 31.7 Å². The van der Waals surface area contributed by atoms with Crippen LogP contribution in [-0.4, -0.2) is 27.7 Å². The number of carbonyl (C=O) groups is 1. The topological polar surface area (TPSA) is 153 Å². The van der Waals surface area contributed by atoms with E-state index < -0.39 is 30.9 Å². The number of nitro benzene ring substituents is 1. The maximum Gasteiger partial charge on any atom is 0.270 e. The number of non-ortho nitro benzene ring substituents is 1. The molecule has 1 amide bonds. The molecular formula is C14H13N3O7S2. The van der Waals surface area contributed by atoms with E-state index in [1.54, 1.807) is 4.72 Å². The van der Waals surface area contributed by atoms with Crippen molar-refractivity contribution in [1.82, 2.24) is 4.72 Å². The zero-order chi connectivity index (χ0) is 19.5. The molecule has 0 aliphatic heterocycles. The quantitative estimate of drug-likeness (QED) is 0.547. The average Bonchev–Trinajstić information content (AvgIpc) is 2.54. The third kappa shape index (κ3) is 4.55. The maximum absolute atomic E-state index is 12.3. The van der Waals surface area contributed by atoms with Crippen LogP contribution in [0.4, 0.5) is 11.4 Å². The van der Waals surface area contributed by atoms with Gasteiger partial charge in [-0.3, -0.25) is 19.6 Å². The van der Waals surface area contributed by atoms with Crippen molar-refractivity contribution in [2.24, 2.45) is 0 Å². The van der Waals surface area contributed by atoms with E-state index in [-0.39, 0.29) is 21.2 Å². The van der Waals surface area contributed by atoms with Crippen LogP contribution in [0, 0.1) is 10.1 Å². The number of hydrogen-bond acceptors (Lipinski definition) is 7. The van der Waals surface area contributed by atoms with Crippen LogP contribution in [0.25, 0.3) is 0 Å². The molecule has 12 heteroatoms. The van der Waals surface area contributed by atoms with E-state index in [2.05, 4.69) is 4.72 Å².